The van der Waals surface area contributed by atoms with Crippen molar-refractivity contribution in [3.63, 3.8) is 0 Å². The number of nitrogens with one attached hydrogen (secondary N) is 2. The summed E-state index contributed by atoms with van der Waals surface area (Å²) in [6.45, 7) is 3.60. The van der Waals surface area contributed by atoms with Crippen LogP contribution in [0.5, 0.6) is 0 Å². The van der Waals surface area contributed by atoms with Gasteiger partial charge in [-0.25, -0.2) is 0 Å². The van der Waals surface area contributed by atoms with Crippen molar-refractivity contribution in [2.45, 2.75) is 0 Å². The molecule has 0 saturated heterocycles. The highest BCUT2D eigenvalue weighted by Crippen LogP contribution is 2.11. The average Bonchev–Trinajstić information content (AvgIpc) is 2.36. The van der Waals surface area contributed by atoms with E-state index in [4.69, 9.17) is 4.74 Å². The van der Waals surface area contributed by atoms with Crippen molar-refractivity contribution >= 4 is 11.4 Å². The number of hydrogen-bond acceptors (Lipinski definition) is 5. The first-order valence-corrected chi connectivity index (χ1v) is 5.80. The van der Waals surface area contributed by atoms with E-state index in [1.54, 1.807) is 13.3 Å². The van der Waals surface area contributed by atoms with Crippen LogP contribution in [-0.2, 0) is 4.74 Å². The summed E-state index contributed by atoms with van der Waals surface area (Å²) < 4.78 is 5.03. The molecular formula is C12H22N4O. The van der Waals surface area contributed by atoms with Crippen LogP contribution in [-0.4, -0.2) is 57.3 Å². The lowest BCUT2D eigenvalue weighted by Crippen LogP contribution is -2.28. The topological polar surface area (TPSA) is 49.4 Å². The number of pyridine rings is 1. The van der Waals surface area contributed by atoms with Crippen molar-refractivity contribution in [2.75, 3.05) is 58.1 Å². The van der Waals surface area contributed by atoms with Gasteiger partial charge in [-0.2, -0.15) is 0 Å². The van der Waals surface area contributed by atoms with Crippen molar-refractivity contribution in [2.24, 2.45) is 0 Å². The van der Waals surface area contributed by atoms with Crippen LogP contribution in [0.2, 0.25) is 0 Å². The summed E-state index contributed by atoms with van der Waals surface area (Å²) in [5.74, 6) is 0. The fraction of sp³-hybridized carbons (Fsp3) is 0.583. The molecule has 0 aromatic carbocycles. The third-order valence-electron chi connectivity index (χ3n) is 2.53. The number of aromatic nitrogens is 1. The van der Waals surface area contributed by atoms with Gasteiger partial charge < -0.3 is 20.3 Å². The molecule has 0 atom stereocenters. The van der Waals surface area contributed by atoms with Crippen molar-refractivity contribution in [3.05, 3.63) is 18.5 Å². The van der Waals surface area contributed by atoms with Gasteiger partial charge in [0.25, 0.3) is 0 Å². The predicted octanol–water partition coefficient (Wildman–Crippen LogP) is 1.11. The SMILES string of the molecule is CNc1cncc(NCCN(C)CCOC)c1. The van der Waals surface area contributed by atoms with E-state index in [1.165, 1.54) is 0 Å². The number of nitrogens with zero attached hydrogens (tertiary/aromatic N) is 2. The highest BCUT2D eigenvalue weighted by molar-refractivity contribution is 5.53. The third-order valence-corrected chi connectivity index (χ3v) is 2.53. The van der Waals surface area contributed by atoms with Gasteiger partial charge in [0, 0.05) is 33.8 Å². The van der Waals surface area contributed by atoms with Crippen molar-refractivity contribution in [1.82, 2.24) is 9.88 Å². The maximum atomic E-state index is 5.03. The number of methoxy groups -OCH3 is 1. The number of ether oxygens (including phenoxy) is 1. The summed E-state index contributed by atoms with van der Waals surface area (Å²) in [5.41, 5.74) is 2.06. The molecule has 1 aromatic rings. The molecule has 96 valence electrons. The maximum absolute atomic E-state index is 5.03. The van der Waals surface area contributed by atoms with Gasteiger partial charge in [-0.15, -0.1) is 0 Å². The molecule has 5 heteroatoms. The van der Waals surface area contributed by atoms with E-state index < -0.39 is 0 Å². The Morgan fingerprint density at radius 3 is 2.76 bits per heavy atom. The largest absolute Gasteiger partial charge is 0.387 e. The normalized spacial score (nSPS) is 10.6. The molecule has 1 heterocycles. The van der Waals surface area contributed by atoms with Crippen LogP contribution in [0.15, 0.2) is 18.5 Å². The molecule has 1 aromatic heterocycles. The van der Waals surface area contributed by atoms with Gasteiger partial charge in [0.2, 0.25) is 0 Å². The summed E-state index contributed by atoms with van der Waals surface area (Å²) in [5, 5.41) is 6.41. The van der Waals surface area contributed by atoms with Gasteiger partial charge in [-0.05, 0) is 13.1 Å². The summed E-state index contributed by atoms with van der Waals surface area (Å²) in [6, 6.07) is 2.04. The Bertz CT molecular complexity index is 319. The van der Waals surface area contributed by atoms with Crippen molar-refractivity contribution in [1.29, 1.82) is 0 Å². The van der Waals surface area contributed by atoms with Gasteiger partial charge in [-0.1, -0.05) is 0 Å². The zero-order valence-corrected chi connectivity index (χ0v) is 10.9. The summed E-state index contributed by atoms with van der Waals surface area (Å²) in [7, 11) is 5.70. The zero-order chi connectivity index (χ0) is 12.5. The monoisotopic (exact) mass is 238 g/mol. The lowest BCUT2D eigenvalue weighted by molar-refractivity contribution is 0.163. The van der Waals surface area contributed by atoms with E-state index in [1.807, 2.05) is 19.3 Å². The second kappa shape index (κ2) is 7.86. The fourth-order valence-electron chi connectivity index (χ4n) is 1.42. The summed E-state index contributed by atoms with van der Waals surface area (Å²) >= 11 is 0. The highest BCUT2D eigenvalue weighted by Gasteiger charge is 1.98. The van der Waals surface area contributed by atoms with Crippen LogP contribution in [0.1, 0.15) is 0 Å². The molecule has 2 N–H and O–H groups in total. The number of rotatable bonds is 8. The van der Waals surface area contributed by atoms with Gasteiger partial charge in [0.15, 0.2) is 0 Å². The molecular weight excluding hydrogens is 216 g/mol. The lowest BCUT2D eigenvalue weighted by Gasteiger charge is -2.16. The molecule has 0 fully saturated rings. The zero-order valence-electron chi connectivity index (χ0n) is 10.9. The molecule has 17 heavy (non-hydrogen) atoms. The molecule has 0 unspecified atom stereocenters. The minimum Gasteiger partial charge on any atom is -0.387 e. The number of anilines is 2. The van der Waals surface area contributed by atoms with Gasteiger partial charge in [0.1, 0.15) is 0 Å². The minimum absolute atomic E-state index is 0.771. The first-order chi connectivity index (χ1) is 8.26. The molecule has 0 aliphatic heterocycles. The number of likely N-dealkylation sites (N-methyl/N-ethyl adjacent to an activating group) is 1. The van der Waals surface area contributed by atoms with Gasteiger partial charge >= 0.3 is 0 Å². The Morgan fingerprint density at radius 1 is 1.29 bits per heavy atom. The first kappa shape index (κ1) is 13.7. The van der Waals surface area contributed by atoms with Gasteiger partial charge in [0.05, 0.1) is 30.4 Å². The summed E-state index contributed by atoms with van der Waals surface area (Å²) in [6.07, 6.45) is 3.63. The van der Waals surface area contributed by atoms with E-state index in [9.17, 15) is 0 Å². The van der Waals surface area contributed by atoms with E-state index in [2.05, 4.69) is 27.6 Å². The molecule has 0 saturated carbocycles. The molecule has 0 radical (unpaired) electrons. The Labute approximate surface area is 103 Å². The number of hydrogen-bond donors (Lipinski definition) is 2. The first-order valence-electron chi connectivity index (χ1n) is 5.80. The van der Waals surface area contributed by atoms with Crippen LogP contribution in [0, 0.1) is 0 Å². The second-order valence-corrected chi connectivity index (χ2v) is 3.94. The van der Waals surface area contributed by atoms with E-state index in [0.29, 0.717) is 0 Å². The fourth-order valence-corrected chi connectivity index (χ4v) is 1.42. The molecule has 0 aliphatic carbocycles. The van der Waals surface area contributed by atoms with Crippen molar-refractivity contribution in [3.8, 4) is 0 Å². The van der Waals surface area contributed by atoms with E-state index in [0.717, 1.165) is 37.6 Å². The van der Waals surface area contributed by atoms with Crippen LogP contribution >= 0.6 is 0 Å². The smallest absolute Gasteiger partial charge is 0.0589 e. The highest BCUT2D eigenvalue weighted by atomic mass is 16.5. The van der Waals surface area contributed by atoms with E-state index >= 15 is 0 Å². The standard InChI is InChI=1S/C12H22N4O/c1-13-11-8-12(10-14-9-11)15-4-5-16(2)6-7-17-3/h8-10,13,15H,4-7H2,1-3H3. The molecule has 0 amide bonds. The molecule has 0 spiro atoms. The van der Waals surface area contributed by atoms with Crippen LogP contribution in [0.25, 0.3) is 0 Å². The van der Waals surface area contributed by atoms with Gasteiger partial charge in [-0.3, -0.25) is 4.98 Å². The third kappa shape index (κ3) is 5.51. The molecule has 0 bridgehead atoms. The molecule has 1 rings (SSSR count). The quantitative estimate of drug-likeness (QED) is 0.710. The average molecular weight is 238 g/mol. The molecule has 0 aliphatic rings. The Morgan fingerprint density at radius 2 is 2.06 bits per heavy atom. The van der Waals surface area contributed by atoms with Crippen LogP contribution in [0.4, 0.5) is 11.4 Å². The van der Waals surface area contributed by atoms with Crippen molar-refractivity contribution < 1.29 is 4.74 Å². The minimum atomic E-state index is 0.771. The Hall–Kier alpha value is -1.33. The maximum Gasteiger partial charge on any atom is 0.0589 e. The lowest BCUT2D eigenvalue weighted by atomic mass is 10.3. The van der Waals surface area contributed by atoms with Crippen LogP contribution in [0.3, 0.4) is 0 Å². The summed E-state index contributed by atoms with van der Waals surface area (Å²) in [4.78, 5) is 6.37. The Balaban J connectivity index is 2.25. The predicted molar refractivity (Wildman–Crippen MR) is 71.6 cm³/mol. The Kier molecular flexibility index (Phi) is 6.35. The molecule has 5 nitrogen and oxygen atoms in total. The van der Waals surface area contributed by atoms with Crippen LogP contribution < -0.4 is 10.6 Å². The van der Waals surface area contributed by atoms with E-state index in [-0.39, 0.29) is 0 Å². The second-order valence-electron chi connectivity index (χ2n) is 3.94.